The van der Waals surface area contributed by atoms with Gasteiger partial charge in [-0.3, -0.25) is 9.59 Å². The Kier molecular flexibility index (Phi) is 16.6. The second-order valence-corrected chi connectivity index (χ2v) is 16.5. The molecule has 0 amide bonds. The van der Waals surface area contributed by atoms with Gasteiger partial charge in [-0.25, -0.2) is 4.79 Å². The second kappa shape index (κ2) is 20.5. The Hall–Kier alpha value is -3.75. The summed E-state index contributed by atoms with van der Waals surface area (Å²) in [6.07, 6.45) is -5.24. The highest BCUT2D eigenvalue weighted by molar-refractivity contribution is 6.00. The fraction of sp³-hybridized carbons (Fsp3) is 0.698. The SMILES string of the molecule is CC[C@H]1OC(=O)[C@H](C)C(=O)[C@H](C)[C@@H](O[C@@H]2O[C@H](C)C[C@H](N(C)C)[C@H]2O)[C@@]2(C)C[C@@H](C)/C(=N\OC(C)=O)[C@H](C)[C@H](OC/C(=N/OCC#Cc3ccccc3)CO2)[C@]1(C)O. The number of rotatable bonds is 7. The maximum absolute atomic E-state index is 14.5. The third-order valence-electron chi connectivity index (χ3n) is 11.5. The number of aliphatic hydroxyl groups is 2. The summed E-state index contributed by atoms with van der Waals surface area (Å²) in [5.41, 5.74) is -1.87. The molecule has 3 heterocycles. The van der Waals surface area contributed by atoms with Crippen LogP contribution in [0.15, 0.2) is 40.6 Å². The monoisotopic (exact) mass is 813 g/mol. The van der Waals surface area contributed by atoms with E-state index in [0.29, 0.717) is 12.1 Å². The summed E-state index contributed by atoms with van der Waals surface area (Å²) in [4.78, 5) is 53.3. The number of oxime groups is 2. The van der Waals surface area contributed by atoms with Gasteiger partial charge in [0.1, 0.15) is 29.4 Å². The Morgan fingerprint density at radius 1 is 1.03 bits per heavy atom. The third kappa shape index (κ3) is 11.5. The molecule has 4 rings (SSSR count). The number of ether oxygens (including phenoxy) is 5. The number of fused-ring (bicyclic) bond motifs is 5. The fourth-order valence-corrected chi connectivity index (χ4v) is 8.32. The molecular formula is C43H63N3O12. The van der Waals surface area contributed by atoms with Crippen LogP contribution in [0.2, 0.25) is 0 Å². The molecule has 0 saturated carbocycles. The topological polar surface area (TPSA) is 184 Å². The molecule has 0 unspecified atom stereocenters. The summed E-state index contributed by atoms with van der Waals surface area (Å²) >= 11 is 0. The third-order valence-corrected chi connectivity index (χ3v) is 11.5. The summed E-state index contributed by atoms with van der Waals surface area (Å²) in [7, 11) is 3.72. The summed E-state index contributed by atoms with van der Waals surface area (Å²) < 4.78 is 32.3. The van der Waals surface area contributed by atoms with Gasteiger partial charge in [0, 0.05) is 36.3 Å². The van der Waals surface area contributed by atoms with Crippen LogP contribution in [0.25, 0.3) is 0 Å². The van der Waals surface area contributed by atoms with Gasteiger partial charge in [0.15, 0.2) is 18.7 Å². The van der Waals surface area contributed by atoms with Crippen molar-refractivity contribution in [2.45, 2.75) is 136 Å². The average Bonchev–Trinajstić information content (AvgIpc) is 3.18. The van der Waals surface area contributed by atoms with Crippen LogP contribution in [0, 0.1) is 35.5 Å². The van der Waals surface area contributed by atoms with Gasteiger partial charge in [0.2, 0.25) is 0 Å². The van der Waals surface area contributed by atoms with Crippen LogP contribution in [0.5, 0.6) is 0 Å². The zero-order chi connectivity index (χ0) is 42.9. The standard InChI is InChI=1S/C43H63N3O12/c1-12-34-43(9,51)39-27(4)35(45-58-30(7)47)25(2)22-42(8,53-24-32(23-52-39)44-54-20-16-19-31-17-14-13-15-18-31)38(28(5)36(48)29(6)40(50)56-34)57-41-37(49)33(46(10)11)21-26(3)55-41/h13-15,17-18,25-29,33-34,37-39,41,49,51H,12,20-24H2,1-11H3/b44-32-,45-35+/t25-,26-,27+,28+,29-,33+,34-,37-,38-,39+,41+,42-,43-/m1/s1. The highest BCUT2D eigenvalue weighted by Crippen LogP contribution is 2.40. The molecule has 3 saturated heterocycles. The number of hydrogen-bond acceptors (Lipinski definition) is 15. The highest BCUT2D eigenvalue weighted by atomic mass is 16.7. The molecule has 3 aliphatic rings. The van der Waals surface area contributed by atoms with E-state index in [2.05, 4.69) is 22.2 Å². The summed E-state index contributed by atoms with van der Waals surface area (Å²) in [6, 6.07) is 9.09. The zero-order valence-electron chi connectivity index (χ0n) is 35.8. The molecular weight excluding hydrogens is 750 g/mol. The maximum atomic E-state index is 14.5. The number of ketones is 1. The number of benzene rings is 1. The molecule has 13 atom stereocenters. The van der Waals surface area contributed by atoms with E-state index in [-0.39, 0.29) is 50.5 Å². The van der Waals surface area contributed by atoms with E-state index >= 15 is 0 Å². The van der Waals surface area contributed by atoms with Crippen molar-refractivity contribution >= 4 is 29.1 Å². The molecule has 58 heavy (non-hydrogen) atoms. The van der Waals surface area contributed by atoms with Crippen LogP contribution in [0.4, 0.5) is 0 Å². The lowest BCUT2D eigenvalue weighted by Crippen LogP contribution is -2.60. The first-order valence-corrected chi connectivity index (χ1v) is 20.1. The molecule has 322 valence electrons. The van der Waals surface area contributed by atoms with Crippen molar-refractivity contribution in [2.75, 3.05) is 33.9 Å². The van der Waals surface area contributed by atoms with Crippen molar-refractivity contribution in [1.82, 2.24) is 4.90 Å². The van der Waals surface area contributed by atoms with Crippen molar-refractivity contribution < 1.29 is 58.0 Å². The Labute approximate surface area is 342 Å². The number of Topliss-reactive ketones (excluding diaryl/α,β-unsaturated/α-hetero) is 1. The summed E-state index contributed by atoms with van der Waals surface area (Å²) in [5, 5.41) is 32.7. The smallest absolute Gasteiger partial charge is 0.331 e. The van der Waals surface area contributed by atoms with E-state index < -0.39 is 83.3 Å². The fourth-order valence-electron chi connectivity index (χ4n) is 8.32. The van der Waals surface area contributed by atoms with Crippen molar-refractivity contribution in [2.24, 2.45) is 34.0 Å². The van der Waals surface area contributed by atoms with Crippen LogP contribution >= 0.6 is 0 Å². The highest BCUT2D eigenvalue weighted by Gasteiger charge is 2.53. The van der Waals surface area contributed by atoms with Gasteiger partial charge < -0.3 is 48.5 Å². The Balaban J connectivity index is 1.92. The van der Waals surface area contributed by atoms with Crippen molar-refractivity contribution in [3.8, 4) is 11.8 Å². The van der Waals surface area contributed by atoms with E-state index in [0.717, 1.165) is 5.56 Å². The van der Waals surface area contributed by atoms with Gasteiger partial charge in [-0.15, -0.1) is 0 Å². The average molecular weight is 814 g/mol. The van der Waals surface area contributed by atoms with Crippen LogP contribution in [0.1, 0.15) is 87.1 Å². The molecule has 0 radical (unpaired) electrons. The predicted molar refractivity (Wildman–Crippen MR) is 214 cm³/mol. The molecule has 2 N–H and O–H groups in total. The van der Waals surface area contributed by atoms with E-state index in [4.69, 9.17) is 33.4 Å². The summed E-state index contributed by atoms with van der Waals surface area (Å²) in [5.74, 6) is 0.317. The number of likely N-dealkylation sites (N-methyl/N-ethyl adjacent to an activating group) is 1. The van der Waals surface area contributed by atoms with Crippen molar-refractivity contribution in [3.63, 3.8) is 0 Å². The minimum absolute atomic E-state index is 0.0609. The van der Waals surface area contributed by atoms with Gasteiger partial charge in [0.05, 0.1) is 42.8 Å². The number of nitrogens with zero attached hydrogens (tertiary/aromatic N) is 3. The lowest BCUT2D eigenvalue weighted by atomic mass is 9.74. The lowest BCUT2D eigenvalue weighted by molar-refractivity contribution is -0.296. The van der Waals surface area contributed by atoms with Crippen LogP contribution in [-0.2, 0) is 47.7 Å². The molecule has 2 bridgehead atoms. The second-order valence-electron chi connectivity index (χ2n) is 16.5. The molecule has 0 aliphatic carbocycles. The number of hydrogen-bond donors (Lipinski definition) is 2. The molecule has 3 aliphatic heterocycles. The number of carbonyl (C=O) groups is 3. The minimum atomic E-state index is -1.87. The van der Waals surface area contributed by atoms with Gasteiger partial charge in [-0.1, -0.05) is 68.0 Å². The molecule has 0 spiro atoms. The molecule has 3 fully saturated rings. The zero-order valence-corrected chi connectivity index (χ0v) is 35.8. The van der Waals surface area contributed by atoms with E-state index in [1.165, 1.54) is 20.8 Å². The molecule has 15 heteroatoms. The molecule has 15 nitrogen and oxygen atoms in total. The van der Waals surface area contributed by atoms with Gasteiger partial charge in [-0.05, 0) is 73.2 Å². The Bertz CT molecular complexity index is 1690. The first-order chi connectivity index (χ1) is 27.3. The van der Waals surface area contributed by atoms with Crippen LogP contribution in [0.3, 0.4) is 0 Å². The van der Waals surface area contributed by atoms with E-state index in [9.17, 15) is 24.6 Å². The first kappa shape index (κ1) is 46.9. The lowest BCUT2D eigenvalue weighted by Gasteiger charge is -2.47. The quantitative estimate of drug-likeness (QED) is 0.101. The first-order valence-electron chi connectivity index (χ1n) is 20.1. The van der Waals surface area contributed by atoms with Gasteiger partial charge >= 0.3 is 11.9 Å². The minimum Gasteiger partial charge on any atom is -0.459 e. The maximum Gasteiger partial charge on any atom is 0.331 e. The van der Waals surface area contributed by atoms with Crippen LogP contribution < -0.4 is 0 Å². The van der Waals surface area contributed by atoms with E-state index in [1.54, 1.807) is 27.7 Å². The number of esters is 1. The molecule has 1 aromatic carbocycles. The predicted octanol–water partition coefficient (Wildman–Crippen LogP) is 3.91. The number of aliphatic hydroxyl groups excluding tert-OH is 1. The largest absolute Gasteiger partial charge is 0.459 e. The number of cyclic esters (lactones) is 1. The van der Waals surface area contributed by atoms with Crippen LogP contribution in [-0.4, -0.2) is 132 Å². The molecule has 0 aromatic heterocycles. The van der Waals surface area contributed by atoms with E-state index in [1.807, 2.05) is 63.2 Å². The van der Waals surface area contributed by atoms with Gasteiger partial charge in [-0.2, -0.15) is 0 Å². The Morgan fingerprint density at radius 2 is 1.72 bits per heavy atom. The normalized spacial score (nSPS) is 38.1. The Morgan fingerprint density at radius 3 is 2.36 bits per heavy atom. The van der Waals surface area contributed by atoms with Crippen molar-refractivity contribution in [3.05, 3.63) is 35.9 Å². The molecule has 1 aromatic rings. The number of carbonyl (C=O) groups excluding carboxylic acids is 3. The van der Waals surface area contributed by atoms with Crippen molar-refractivity contribution in [1.29, 1.82) is 0 Å². The summed E-state index contributed by atoms with van der Waals surface area (Å²) in [6.45, 7) is 14.4. The van der Waals surface area contributed by atoms with Gasteiger partial charge in [0.25, 0.3) is 0 Å².